The summed E-state index contributed by atoms with van der Waals surface area (Å²) in [5, 5.41) is 0.714. The number of hydrogen-bond acceptors (Lipinski definition) is 9. The smallest absolute Gasteiger partial charge is 0.261 e. The summed E-state index contributed by atoms with van der Waals surface area (Å²) in [6, 6.07) is 28.0. The van der Waals surface area contributed by atoms with E-state index < -0.39 is 51.6 Å². The van der Waals surface area contributed by atoms with E-state index in [0.717, 1.165) is 18.9 Å². The summed E-state index contributed by atoms with van der Waals surface area (Å²) in [6.07, 6.45) is 0. The average molecular weight is 805 g/mol. The van der Waals surface area contributed by atoms with Gasteiger partial charge in [-0.15, -0.1) is 0 Å². The number of carbonyl (C=O) groups excluding carboxylic acids is 5. The molecule has 7 aromatic rings. The number of rotatable bonds is 2. The number of imide groups is 2. The molecule has 0 spiro atoms. The predicted octanol–water partition coefficient (Wildman–Crippen LogP) is 4.96. The van der Waals surface area contributed by atoms with Crippen LogP contribution in [0.25, 0.3) is 21.5 Å². The fourth-order valence-corrected chi connectivity index (χ4v) is 6.71. The van der Waals surface area contributed by atoms with Gasteiger partial charge in [-0.2, -0.15) is 0 Å². The van der Waals surface area contributed by atoms with Crippen LogP contribution in [0.15, 0.2) is 116 Å². The molecule has 4 amide bonds. The zero-order valence-corrected chi connectivity index (χ0v) is 34.2. The van der Waals surface area contributed by atoms with Gasteiger partial charge in [0.1, 0.15) is 0 Å². The van der Waals surface area contributed by atoms with E-state index in [-0.39, 0.29) is 54.9 Å². The van der Waals surface area contributed by atoms with Gasteiger partial charge in [-0.05, 0) is 86.3 Å². The summed E-state index contributed by atoms with van der Waals surface area (Å²) >= 11 is 0. The second kappa shape index (κ2) is 16.3. The Morgan fingerprint density at radius 1 is 0.367 bits per heavy atom. The van der Waals surface area contributed by atoms with Crippen LogP contribution >= 0.6 is 0 Å². The number of ketones is 1. The number of aromatic nitrogens is 2. The molecular formula is C47H40N4O9. The zero-order chi connectivity index (χ0) is 43.9. The number of benzene rings is 5. The molecule has 2 aromatic heterocycles. The molecule has 302 valence electrons. The van der Waals surface area contributed by atoms with Gasteiger partial charge < -0.3 is 0 Å². The lowest BCUT2D eigenvalue weighted by Gasteiger charge is -2.04. The van der Waals surface area contributed by atoms with Gasteiger partial charge in [0.05, 0.1) is 43.8 Å². The van der Waals surface area contributed by atoms with E-state index in [9.17, 15) is 43.2 Å². The molecule has 0 saturated heterocycles. The van der Waals surface area contributed by atoms with Crippen LogP contribution in [0.3, 0.4) is 0 Å². The normalized spacial score (nSPS) is 12.7. The first-order valence-corrected chi connectivity index (χ1v) is 18.7. The van der Waals surface area contributed by atoms with Crippen molar-refractivity contribution in [2.75, 3.05) is 14.1 Å². The van der Waals surface area contributed by atoms with Crippen LogP contribution in [0.2, 0.25) is 0 Å². The highest BCUT2D eigenvalue weighted by molar-refractivity contribution is 6.24. The van der Waals surface area contributed by atoms with Crippen molar-refractivity contribution in [1.82, 2.24) is 18.9 Å². The molecule has 0 unspecified atom stereocenters. The topological polar surface area (TPSA) is 170 Å². The van der Waals surface area contributed by atoms with Crippen LogP contribution in [-0.2, 0) is 14.1 Å². The highest BCUT2D eigenvalue weighted by Crippen LogP contribution is 2.27. The van der Waals surface area contributed by atoms with Crippen molar-refractivity contribution in [2.45, 2.75) is 27.7 Å². The third-order valence-electron chi connectivity index (χ3n) is 10.9. The lowest BCUT2D eigenvalue weighted by atomic mass is 9.96. The van der Waals surface area contributed by atoms with Gasteiger partial charge in [0.2, 0.25) is 0 Å². The molecule has 0 saturated carbocycles. The zero-order valence-electron chi connectivity index (χ0n) is 34.2. The Kier molecular flexibility index (Phi) is 11.4. The molecule has 5 aromatic carbocycles. The molecular weight excluding hydrogens is 765 g/mol. The number of fused-ring (bicyclic) bond motifs is 4. The average Bonchev–Trinajstić information content (AvgIpc) is 3.79. The molecule has 9 rings (SSSR count). The van der Waals surface area contributed by atoms with Gasteiger partial charge in [0.15, 0.2) is 5.78 Å². The monoisotopic (exact) mass is 804 g/mol. The molecule has 60 heavy (non-hydrogen) atoms. The van der Waals surface area contributed by atoms with Crippen LogP contribution in [-0.4, -0.2) is 62.4 Å². The fourth-order valence-electron chi connectivity index (χ4n) is 6.71. The van der Waals surface area contributed by atoms with Crippen molar-refractivity contribution in [2.24, 2.45) is 14.1 Å². The van der Waals surface area contributed by atoms with Crippen LogP contribution in [0.4, 0.5) is 0 Å². The second-order valence-corrected chi connectivity index (χ2v) is 14.6. The largest absolute Gasteiger partial charge is 0.289 e. The van der Waals surface area contributed by atoms with E-state index >= 15 is 0 Å². The quantitative estimate of drug-likeness (QED) is 0.173. The van der Waals surface area contributed by atoms with Crippen LogP contribution < -0.4 is 22.2 Å². The predicted molar refractivity (Wildman–Crippen MR) is 228 cm³/mol. The minimum Gasteiger partial charge on any atom is -0.289 e. The van der Waals surface area contributed by atoms with Gasteiger partial charge in [0.25, 0.3) is 45.9 Å². The van der Waals surface area contributed by atoms with Crippen molar-refractivity contribution in [1.29, 1.82) is 0 Å². The van der Waals surface area contributed by atoms with E-state index in [1.165, 1.54) is 99.0 Å². The van der Waals surface area contributed by atoms with Gasteiger partial charge in [-0.25, -0.2) is 0 Å². The Morgan fingerprint density at radius 2 is 0.633 bits per heavy atom. The molecule has 13 heteroatoms. The molecule has 0 N–H and O–H groups in total. The third-order valence-corrected chi connectivity index (χ3v) is 10.9. The first-order chi connectivity index (χ1) is 28.3. The lowest BCUT2D eigenvalue weighted by Crippen LogP contribution is -2.24. The molecule has 0 bridgehead atoms. The summed E-state index contributed by atoms with van der Waals surface area (Å²) in [4.78, 5) is 110. The van der Waals surface area contributed by atoms with E-state index in [1.54, 1.807) is 0 Å². The highest BCUT2D eigenvalue weighted by atomic mass is 16.2. The maximum absolute atomic E-state index is 12.8. The molecule has 2 aliphatic rings. The summed E-state index contributed by atoms with van der Waals surface area (Å²) in [5.41, 5.74) is 4.98. The molecule has 4 heterocycles. The Hall–Kier alpha value is -7.67. The number of amides is 4. The van der Waals surface area contributed by atoms with Crippen molar-refractivity contribution in [3.63, 3.8) is 0 Å². The SMILES string of the molecule is CN1C(=O)c2ccc(C(=O)c3ccc4c(c3)C(=O)N(C)C4=O)cc2C1=O.Cc1ccccc1C.Cc1ccccc1C.Cn1c(=O)c2cc3c(=O)n(C)c(=O)c3cc2c1=O. The van der Waals surface area contributed by atoms with Gasteiger partial charge in [-0.3, -0.25) is 62.1 Å². The number of nitrogens with zero attached hydrogens (tertiary/aromatic N) is 4. The molecule has 0 fully saturated rings. The third kappa shape index (κ3) is 7.44. The second-order valence-electron chi connectivity index (χ2n) is 14.6. The van der Waals surface area contributed by atoms with Gasteiger partial charge >= 0.3 is 0 Å². The van der Waals surface area contributed by atoms with Crippen molar-refractivity contribution >= 4 is 51.0 Å². The number of aryl methyl sites for hydroxylation is 4. The number of carbonyl (C=O) groups is 5. The highest BCUT2D eigenvalue weighted by Gasteiger charge is 2.35. The van der Waals surface area contributed by atoms with Crippen molar-refractivity contribution < 1.29 is 24.0 Å². The molecule has 0 radical (unpaired) electrons. The minimum atomic E-state index is -0.462. The summed E-state index contributed by atoms with van der Waals surface area (Å²) in [7, 11) is 5.49. The molecule has 0 aliphatic carbocycles. The van der Waals surface area contributed by atoms with E-state index in [1.807, 2.05) is 0 Å². The lowest BCUT2D eigenvalue weighted by molar-refractivity contribution is 0.0678. The fraction of sp³-hybridized carbons (Fsp3) is 0.170. The summed E-state index contributed by atoms with van der Waals surface area (Å²) in [6.45, 7) is 8.48. The van der Waals surface area contributed by atoms with E-state index in [2.05, 4.69) is 76.2 Å². The van der Waals surface area contributed by atoms with Gasteiger partial charge in [-0.1, -0.05) is 60.7 Å². The van der Waals surface area contributed by atoms with Crippen LogP contribution in [0.5, 0.6) is 0 Å². The maximum atomic E-state index is 12.8. The van der Waals surface area contributed by atoms with Crippen LogP contribution in [0, 0.1) is 27.7 Å². The molecule has 13 nitrogen and oxygen atoms in total. The molecule has 2 aliphatic heterocycles. The Bertz CT molecular complexity index is 2850. The van der Waals surface area contributed by atoms with Crippen molar-refractivity contribution in [3.8, 4) is 0 Å². The van der Waals surface area contributed by atoms with Crippen molar-refractivity contribution in [3.05, 3.63) is 194 Å². The first kappa shape index (κ1) is 41.9. The van der Waals surface area contributed by atoms with E-state index in [4.69, 9.17) is 0 Å². The summed E-state index contributed by atoms with van der Waals surface area (Å²) < 4.78 is 1.94. The first-order valence-electron chi connectivity index (χ1n) is 18.7. The Morgan fingerprint density at radius 3 is 0.900 bits per heavy atom. The van der Waals surface area contributed by atoms with E-state index in [0.29, 0.717) is 0 Å². The maximum Gasteiger partial charge on any atom is 0.261 e. The number of hydrogen-bond donors (Lipinski definition) is 0. The standard InChI is InChI=1S/C19H12N2O5.C12H8N2O4.2C8H10/c1-20-16(23)11-5-3-9(7-13(11)18(20)25)15(22)10-4-6-12-14(8-10)19(26)21(2)17(12)24;1-13-9(15)5-3-7-8(4-6(5)10(13)16)12(18)14(2)11(7)17;2*1-7-5-3-4-6-8(7)2/h3-8H,1-2H3;3-4H,1-2H3;2*3-6H,1-2H3. The molecule has 0 atom stereocenters. The minimum absolute atomic E-state index is 0.176. The Balaban J connectivity index is 0.000000152. The van der Waals surface area contributed by atoms with Crippen LogP contribution in [0.1, 0.15) is 79.6 Å². The summed E-state index contributed by atoms with van der Waals surface area (Å²) in [5.74, 6) is -2.14. The van der Waals surface area contributed by atoms with Gasteiger partial charge in [0, 0.05) is 39.3 Å². The Labute approximate surface area is 343 Å².